The van der Waals surface area contributed by atoms with Crippen molar-refractivity contribution in [1.82, 2.24) is 10.2 Å². The number of carbonyl (C=O) groups is 2. The Morgan fingerprint density at radius 2 is 1.71 bits per heavy atom. The number of hydrogen-bond donors (Lipinski definition) is 1. The fourth-order valence-electron chi connectivity index (χ4n) is 4.65. The topological polar surface area (TPSA) is 96.0 Å². The predicted octanol–water partition coefficient (Wildman–Crippen LogP) is 6.59. The van der Waals surface area contributed by atoms with Gasteiger partial charge in [-0.25, -0.2) is 8.42 Å². The fraction of sp³-hybridized carbons (Fsp3) is 0.375. The van der Waals surface area contributed by atoms with Crippen molar-refractivity contribution < 1.29 is 35.9 Å². The van der Waals surface area contributed by atoms with E-state index in [1.54, 1.807) is 50.2 Å². The second-order valence-electron chi connectivity index (χ2n) is 10.4. The molecule has 0 unspecified atom stereocenters. The Labute approximate surface area is 267 Å². The van der Waals surface area contributed by atoms with Crippen LogP contribution >= 0.6 is 11.6 Å². The van der Waals surface area contributed by atoms with Gasteiger partial charge in [0.05, 0.1) is 28.3 Å². The number of rotatable bonds is 14. The number of hydrogen-bond acceptors (Lipinski definition) is 5. The minimum Gasteiger partial charge on any atom is -0.497 e. The lowest BCUT2D eigenvalue weighted by Crippen LogP contribution is -2.52. The first-order valence-corrected chi connectivity index (χ1v) is 16.2. The molecule has 0 aliphatic heterocycles. The van der Waals surface area contributed by atoms with E-state index in [1.165, 1.54) is 24.1 Å². The van der Waals surface area contributed by atoms with Crippen molar-refractivity contribution in [2.45, 2.75) is 63.7 Å². The normalized spacial score (nSPS) is 12.4. The summed E-state index contributed by atoms with van der Waals surface area (Å²) in [4.78, 5) is 28.5. The molecule has 0 fully saturated rings. The minimum atomic E-state index is -4.89. The maximum Gasteiger partial charge on any atom is 0.417 e. The Bertz CT molecular complexity index is 1580. The van der Waals surface area contributed by atoms with Crippen LogP contribution in [0.25, 0.3) is 0 Å². The van der Waals surface area contributed by atoms with Crippen LogP contribution in [0.15, 0.2) is 71.6 Å². The highest BCUT2D eigenvalue weighted by atomic mass is 35.5. The van der Waals surface area contributed by atoms with Gasteiger partial charge in [0.25, 0.3) is 10.0 Å². The molecule has 2 amide bonds. The average molecular weight is 668 g/mol. The number of ether oxygens (including phenoxy) is 1. The summed E-state index contributed by atoms with van der Waals surface area (Å²) in [6.45, 7) is 4.82. The average Bonchev–Trinajstić information content (AvgIpc) is 2.99. The number of benzene rings is 3. The van der Waals surface area contributed by atoms with Gasteiger partial charge in [0.1, 0.15) is 18.3 Å². The molecule has 0 saturated heterocycles. The summed E-state index contributed by atoms with van der Waals surface area (Å²) in [5, 5.41) is 2.20. The van der Waals surface area contributed by atoms with Crippen molar-refractivity contribution in [3.05, 3.63) is 88.4 Å². The number of alkyl halides is 3. The fourth-order valence-corrected chi connectivity index (χ4v) is 6.28. The molecule has 244 valence electrons. The molecule has 1 atom stereocenters. The quantitative estimate of drug-likeness (QED) is 0.196. The van der Waals surface area contributed by atoms with Gasteiger partial charge in [0.2, 0.25) is 11.8 Å². The van der Waals surface area contributed by atoms with Gasteiger partial charge in [0, 0.05) is 13.1 Å². The van der Waals surface area contributed by atoms with Crippen molar-refractivity contribution in [2.75, 3.05) is 24.5 Å². The summed E-state index contributed by atoms with van der Waals surface area (Å²) >= 11 is 5.83. The van der Waals surface area contributed by atoms with E-state index < -0.39 is 56.9 Å². The molecule has 45 heavy (non-hydrogen) atoms. The number of anilines is 1. The number of carbonyl (C=O) groups excluding carboxylic acids is 2. The first-order valence-electron chi connectivity index (χ1n) is 14.4. The molecular weight excluding hydrogens is 631 g/mol. The molecule has 0 radical (unpaired) electrons. The van der Waals surface area contributed by atoms with Gasteiger partial charge in [-0.3, -0.25) is 13.9 Å². The Hall–Kier alpha value is -3.77. The monoisotopic (exact) mass is 667 g/mol. The zero-order chi connectivity index (χ0) is 33.4. The largest absolute Gasteiger partial charge is 0.497 e. The maximum absolute atomic E-state index is 14.2. The van der Waals surface area contributed by atoms with Gasteiger partial charge < -0.3 is 15.0 Å². The summed E-state index contributed by atoms with van der Waals surface area (Å²) in [5.41, 5.74) is -0.316. The summed E-state index contributed by atoms with van der Waals surface area (Å²) in [5.74, 6) is -0.722. The van der Waals surface area contributed by atoms with Gasteiger partial charge in [-0.15, -0.1) is 0 Å². The van der Waals surface area contributed by atoms with Crippen LogP contribution in [0, 0.1) is 6.92 Å². The lowest BCUT2D eigenvalue weighted by molar-refractivity contribution is -0.140. The van der Waals surface area contributed by atoms with E-state index in [-0.39, 0.29) is 17.9 Å². The van der Waals surface area contributed by atoms with Crippen molar-refractivity contribution in [3.8, 4) is 5.75 Å². The molecule has 1 N–H and O–H groups in total. The molecule has 3 rings (SSSR count). The van der Waals surface area contributed by atoms with Crippen LogP contribution in [0.5, 0.6) is 5.75 Å². The lowest BCUT2D eigenvalue weighted by Gasteiger charge is -2.33. The minimum absolute atomic E-state index is 0.0947. The summed E-state index contributed by atoms with van der Waals surface area (Å²) in [7, 11) is -3.09. The van der Waals surface area contributed by atoms with Gasteiger partial charge >= 0.3 is 6.18 Å². The van der Waals surface area contributed by atoms with Crippen molar-refractivity contribution in [2.24, 2.45) is 0 Å². The Balaban J connectivity index is 2.14. The van der Waals surface area contributed by atoms with Crippen LogP contribution in [-0.4, -0.2) is 51.4 Å². The van der Waals surface area contributed by atoms with E-state index in [1.807, 2.05) is 6.92 Å². The van der Waals surface area contributed by atoms with Crippen LogP contribution in [0.4, 0.5) is 18.9 Å². The number of nitrogens with zero attached hydrogens (tertiary/aromatic N) is 2. The highest BCUT2D eigenvalue weighted by Gasteiger charge is 2.37. The van der Waals surface area contributed by atoms with E-state index >= 15 is 0 Å². The number of nitrogens with one attached hydrogen (secondary N) is 1. The highest BCUT2D eigenvalue weighted by molar-refractivity contribution is 7.92. The second-order valence-corrected chi connectivity index (χ2v) is 12.7. The molecule has 0 aliphatic carbocycles. The molecule has 0 bridgehead atoms. The standard InChI is InChI=1S/C32H37ClF3N3O5S/c1-5-7-17-37-31(41)29(6-2)38(20-23-9-8-10-25(18-23)44-4)30(40)21-39(45(42,43)26-14-11-22(3)12-15-26)24-13-16-28(33)27(19-24)32(34,35)36/h8-16,18-19,29H,5-7,17,20-21H2,1-4H3,(H,37,41)/t29-/m1/s1. The second kappa shape index (κ2) is 15.5. The summed E-state index contributed by atoms with van der Waals surface area (Å²) in [6, 6.07) is 14.2. The molecule has 8 nitrogen and oxygen atoms in total. The first kappa shape index (κ1) is 35.7. The van der Waals surface area contributed by atoms with Gasteiger partial charge in [-0.05, 0) is 67.8 Å². The molecule has 0 heterocycles. The van der Waals surface area contributed by atoms with Crippen LogP contribution in [0.2, 0.25) is 5.02 Å². The van der Waals surface area contributed by atoms with Crippen molar-refractivity contribution in [1.29, 1.82) is 0 Å². The number of unbranched alkanes of at least 4 members (excludes halogenated alkanes) is 1. The van der Waals surface area contributed by atoms with Crippen molar-refractivity contribution >= 4 is 39.1 Å². The van der Waals surface area contributed by atoms with Crippen LogP contribution in [0.3, 0.4) is 0 Å². The highest BCUT2D eigenvalue weighted by Crippen LogP contribution is 2.38. The third-order valence-electron chi connectivity index (χ3n) is 7.13. The van der Waals surface area contributed by atoms with Crippen molar-refractivity contribution in [3.63, 3.8) is 0 Å². The molecule has 0 spiro atoms. The Morgan fingerprint density at radius 3 is 2.31 bits per heavy atom. The molecule has 0 saturated carbocycles. The molecule has 3 aromatic carbocycles. The van der Waals surface area contributed by atoms with E-state index in [9.17, 15) is 31.2 Å². The Morgan fingerprint density at radius 1 is 1.02 bits per heavy atom. The van der Waals surface area contributed by atoms with Gasteiger partial charge in [-0.1, -0.05) is 61.7 Å². The van der Waals surface area contributed by atoms with Crippen LogP contribution < -0.4 is 14.4 Å². The number of sulfonamides is 1. The van der Waals surface area contributed by atoms with E-state index in [0.29, 0.717) is 34.7 Å². The number of halogens is 4. The molecular formula is C32H37ClF3N3O5S. The van der Waals surface area contributed by atoms with E-state index in [0.717, 1.165) is 24.1 Å². The first-order chi connectivity index (χ1) is 21.2. The Kier molecular flexibility index (Phi) is 12.3. The van der Waals surface area contributed by atoms with E-state index in [2.05, 4.69) is 5.32 Å². The lowest BCUT2D eigenvalue weighted by atomic mass is 10.1. The molecule has 13 heteroatoms. The van der Waals surface area contributed by atoms with Gasteiger partial charge in [-0.2, -0.15) is 13.2 Å². The maximum atomic E-state index is 14.2. The van der Waals surface area contributed by atoms with Crippen LogP contribution in [0.1, 0.15) is 49.8 Å². The predicted molar refractivity (Wildman–Crippen MR) is 168 cm³/mol. The molecule has 3 aromatic rings. The van der Waals surface area contributed by atoms with Crippen LogP contribution in [-0.2, 0) is 32.3 Å². The summed E-state index contributed by atoms with van der Waals surface area (Å²) < 4.78 is 75.4. The third-order valence-corrected chi connectivity index (χ3v) is 9.25. The number of aryl methyl sites for hydroxylation is 1. The zero-order valence-corrected chi connectivity index (χ0v) is 27.1. The van der Waals surface area contributed by atoms with Gasteiger partial charge in [0.15, 0.2) is 0 Å². The van der Waals surface area contributed by atoms with E-state index in [4.69, 9.17) is 16.3 Å². The molecule has 0 aromatic heterocycles. The number of methoxy groups -OCH3 is 1. The SMILES string of the molecule is CCCCNC(=O)[C@@H](CC)N(Cc1cccc(OC)c1)C(=O)CN(c1ccc(Cl)c(C(F)(F)F)c1)S(=O)(=O)c1ccc(C)cc1. The smallest absolute Gasteiger partial charge is 0.417 e. The zero-order valence-electron chi connectivity index (χ0n) is 25.5. The summed E-state index contributed by atoms with van der Waals surface area (Å²) in [6.07, 6.45) is -3.15. The third kappa shape index (κ3) is 9.13. The number of amides is 2. The molecule has 0 aliphatic rings.